The summed E-state index contributed by atoms with van der Waals surface area (Å²) < 4.78 is 7.35. The maximum Gasteiger partial charge on any atom is 0.227 e. The molecule has 2 aromatic carbocycles. The van der Waals surface area contributed by atoms with Crippen molar-refractivity contribution in [2.24, 2.45) is 5.92 Å². The zero-order valence-electron chi connectivity index (χ0n) is 16.5. The fraction of sp³-hybridized carbons (Fsp3) is 0.304. The van der Waals surface area contributed by atoms with E-state index in [-0.39, 0.29) is 24.2 Å². The van der Waals surface area contributed by atoms with Gasteiger partial charge < -0.3 is 19.5 Å². The smallest absolute Gasteiger partial charge is 0.227 e. The van der Waals surface area contributed by atoms with Gasteiger partial charge in [-0.25, -0.2) is 0 Å². The van der Waals surface area contributed by atoms with Crippen LogP contribution in [-0.4, -0.2) is 36.6 Å². The highest BCUT2D eigenvalue weighted by molar-refractivity contribution is 6.00. The minimum atomic E-state index is -0.308. The zero-order chi connectivity index (χ0) is 20.2. The van der Waals surface area contributed by atoms with Crippen LogP contribution in [0.4, 0.5) is 5.69 Å². The number of para-hydroxylation sites is 1. The first kappa shape index (κ1) is 19.1. The van der Waals surface area contributed by atoms with Crippen LogP contribution in [0.2, 0.25) is 0 Å². The second kappa shape index (κ2) is 8.39. The van der Waals surface area contributed by atoms with Crippen LogP contribution in [0.25, 0.3) is 10.9 Å². The predicted octanol–water partition coefficient (Wildman–Crippen LogP) is 3.21. The number of carbonyl (C=O) groups excluding carboxylic acids is 2. The molecule has 29 heavy (non-hydrogen) atoms. The average molecular weight is 391 g/mol. The van der Waals surface area contributed by atoms with Crippen molar-refractivity contribution in [3.8, 4) is 5.75 Å². The molecule has 0 bridgehead atoms. The zero-order valence-corrected chi connectivity index (χ0v) is 16.5. The molecule has 1 aliphatic heterocycles. The van der Waals surface area contributed by atoms with Crippen LogP contribution in [0.3, 0.4) is 0 Å². The van der Waals surface area contributed by atoms with Crippen LogP contribution in [0, 0.1) is 5.92 Å². The van der Waals surface area contributed by atoms with E-state index >= 15 is 0 Å². The van der Waals surface area contributed by atoms with Gasteiger partial charge in [-0.1, -0.05) is 18.2 Å². The number of hydrogen-bond acceptors (Lipinski definition) is 3. The third kappa shape index (κ3) is 4.11. The molecule has 0 spiro atoms. The molecule has 1 N–H and O–H groups in total. The van der Waals surface area contributed by atoms with E-state index in [0.717, 1.165) is 24.4 Å². The molecule has 1 unspecified atom stereocenters. The van der Waals surface area contributed by atoms with Gasteiger partial charge >= 0.3 is 0 Å². The van der Waals surface area contributed by atoms with Crippen molar-refractivity contribution in [3.63, 3.8) is 0 Å². The van der Waals surface area contributed by atoms with Crippen LogP contribution in [0.15, 0.2) is 60.8 Å². The van der Waals surface area contributed by atoms with E-state index in [1.807, 2.05) is 36.4 Å². The van der Waals surface area contributed by atoms with Crippen molar-refractivity contribution < 1.29 is 14.3 Å². The minimum absolute atomic E-state index is 0.0193. The average Bonchev–Trinajstić information content (AvgIpc) is 3.35. The number of anilines is 1. The van der Waals surface area contributed by atoms with Crippen LogP contribution in [-0.2, 0) is 16.1 Å². The summed E-state index contributed by atoms with van der Waals surface area (Å²) in [5.41, 5.74) is 2.00. The first-order valence-electron chi connectivity index (χ1n) is 9.92. The number of carbonyl (C=O) groups is 2. The lowest BCUT2D eigenvalue weighted by Gasteiger charge is -2.17. The summed E-state index contributed by atoms with van der Waals surface area (Å²) in [5.74, 6) is 0.364. The van der Waals surface area contributed by atoms with Crippen molar-refractivity contribution in [2.75, 3.05) is 25.1 Å². The summed E-state index contributed by atoms with van der Waals surface area (Å²) in [5, 5.41) is 4.22. The number of amides is 2. The van der Waals surface area contributed by atoms with Gasteiger partial charge in [-0.05, 0) is 48.2 Å². The minimum Gasteiger partial charge on any atom is -0.497 e. The van der Waals surface area contributed by atoms with E-state index in [9.17, 15) is 9.59 Å². The van der Waals surface area contributed by atoms with Gasteiger partial charge in [0.2, 0.25) is 11.8 Å². The van der Waals surface area contributed by atoms with Gasteiger partial charge in [0, 0.05) is 43.5 Å². The number of aryl methyl sites for hydroxylation is 1. The summed E-state index contributed by atoms with van der Waals surface area (Å²) in [6, 6.07) is 17.7. The maximum atomic E-state index is 12.5. The summed E-state index contributed by atoms with van der Waals surface area (Å²) in [6.45, 7) is 1.85. The largest absolute Gasteiger partial charge is 0.497 e. The summed E-state index contributed by atoms with van der Waals surface area (Å²) in [7, 11) is 1.61. The van der Waals surface area contributed by atoms with Gasteiger partial charge in [0.05, 0.1) is 13.0 Å². The van der Waals surface area contributed by atoms with Gasteiger partial charge in [0.15, 0.2) is 0 Å². The number of methoxy groups -OCH3 is 1. The molecule has 1 atom stereocenters. The van der Waals surface area contributed by atoms with Crippen LogP contribution < -0.4 is 15.0 Å². The number of benzene rings is 2. The number of ether oxygens (including phenoxy) is 1. The molecule has 0 radical (unpaired) electrons. The quantitative estimate of drug-likeness (QED) is 0.629. The lowest BCUT2D eigenvalue weighted by atomic mass is 10.1. The van der Waals surface area contributed by atoms with Gasteiger partial charge in [-0.2, -0.15) is 0 Å². The molecule has 1 aliphatic rings. The highest BCUT2D eigenvalue weighted by Crippen LogP contribution is 2.27. The standard InChI is InChI=1S/C23H25N3O3/c1-29-20-9-7-19(8-10-20)26-16-18(15-22(26)27)23(28)24-12-4-13-25-14-11-17-5-2-3-6-21(17)25/h2-3,5-11,14,18H,4,12-13,15-16H2,1H3,(H,24,28). The SMILES string of the molecule is COc1ccc(N2CC(C(=O)NCCCn3ccc4ccccc43)CC2=O)cc1. The Kier molecular flexibility index (Phi) is 5.51. The first-order chi connectivity index (χ1) is 14.2. The third-order valence-corrected chi connectivity index (χ3v) is 5.44. The van der Waals surface area contributed by atoms with Crippen molar-refractivity contribution in [2.45, 2.75) is 19.4 Å². The lowest BCUT2D eigenvalue weighted by molar-refractivity contribution is -0.126. The molecule has 1 saturated heterocycles. The Hall–Kier alpha value is -3.28. The topological polar surface area (TPSA) is 63.6 Å². The van der Waals surface area contributed by atoms with Crippen molar-refractivity contribution in [1.82, 2.24) is 9.88 Å². The van der Waals surface area contributed by atoms with E-state index in [2.05, 4.69) is 34.3 Å². The van der Waals surface area contributed by atoms with Gasteiger partial charge in [-0.15, -0.1) is 0 Å². The highest BCUT2D eigenvalue weighted by Gasteiger charge is 2.34. The van der Waals surface area contributed by atoms with Gasteiger partial charge in [0.25, 0.3) is 0 Å². The summed E-state index contributed by atoms with van der Waals surface area (Å²) in [6.07, 6.45) is 3.17. The Morgan fingerprint density at radius 2 is 1.93 bits per heavy atom. The number of nitrogens with zero attached hydrogens (tertiary/aromatic N) is 2. The van der Waals surface area contributed by atoms with E-state index in [1.165, 1.54) is 10.9 Å². The van der Waals surface area contributed by atoms with Crippen LogP contribution in [0.5, 0.6) is 5.75 Å². The number of hydrogen-bond donors (Lipinski definition) is 1. The number of rotatable bonds is 7. The summed E-state index contributed by atoms with van der Waals surface area (Å²) in [4.78, 5) is 26.6. The van der Waals surface area contributed by atoms with Gasteiger partial charge in [-0.3, -0.25) is 9.59 Å². The molecule has 6 heteroatoms. The normalized spacial score (nSPS) is 16.4. The molecule has 0 saturated carbocycles. The third-order valence-electron chi connectivity index (χ3n) is 5.44. The fourth-order valence-corrected chi connectivity index (χ4v) is 3.84. The van der Waals surface area contributed by atoms with E-state index < -0.39 is 0 Å². The molecule has 0 aliphatic carbocycles. The molecule has 6 nitrogen and oxygen atoms in total. The molecule has 3 aromatic rings. The molecular weight excluding hydrogens is 366 g/mol. The lowest BCUT2D eigenvalue weighted by Crippen LogP contribution is -2.33. The van der Waals surface area contributed by atoms with Gasteiger partial charge in [0.1, 0.15) is 5.75 Å². The Bertz CT molecular complexity index is 1010. The van der Waals surface area contributed by atoms with E-state index in [0.29, 0.717) is 13.1 Å². The Morgan fingerprint density at radius 3 is 2.72 bits per heavy atom. The van der Waals surface area contributed by atoms with E-state index in [1.54, 1.807) is 12.0 Å². The maximum absolute atomic E-state index is 12.5. The second-order valence-electron chi connectivity index (χ2n) is 7.32. The number of nitrogens with one attached hydrogen (secondary N) is 1. The van der Waals surface area contributed by atoms with Crippen LogP contribution >= 0.6 is 0 Å². The predicted molar refractivity (Wildman–Crippen MR) is 113 cm³/mol. The molecule has 1 aromatic heterocycles. The Balaban J connectivity index is 1.27. The number of aromatic nitrogens is 1. The summed E-state index contributed by atoms with van der Waals surface area (Å²) >= 11 is 0. The second-order valence-corrected chi connectivity index (χ2v) is 7.32. The van der Waals surface area contributed by atoms with Crippen molar-refractivity contribution >= 4 is 28.4 Å². The number of fused-ring (bicyclic) bond motifs is 1. The first-order valence-corrected chi connectivity index (χ1v) is 9.92. The van der Waals surface area contributed by atoms with Crippen molar-refractivity contribution in [1.29, 1.82) is 0 Å². The Labute approximate surface area is 170 Å². The molecule has 2 heterocycles. The molecule has 150 valence electrons. The molecule has 2 amide bonds. The Morgan fingerprint density at radius 1 is 1.14 bits per heavy atom. The van der Waals surface area contributed by atoms with Crippen molar-refractivity contribution in [3.05, 3.63) is 60.8 Å². The van der Waals surface area contributed by atoms with Crippen LogP contribution in [0.1, 0.15) is 12.8 Å². The fourth-order valence-electron chi connectivity index (χ4n) is 3.84. The van der Waals surface area contributed by atoms with E-state index in [4.69, 9.17) is 4.74 Å². The monoisotopic (exact) mass is 391 g/mol. The molecule has 1 fully saturated rings. The molecule has 4 rings (SSSR count). The highest BCUT2D eigenvalue weighted by atomic mass is 16.5. The molecular formula is C23H25N3O3.